The second kappa shape index (κ2) is 9.41. The van der Waals surface area contributed by atoms with Crippen LogP contribution in [0.3, 0.4) is 0 Å². The van der Waals surface area contributed by atoms with Gasteiger partial charge in [0.25, 0.3) is 0 Å². The second-order valence-electron chi connectivity index (χ2n) is 8.48. The fraction of sp³-hybridized carbons (Fsp3) is 0.636. The van der Waals surface area contributed by atoms with E-state index in [4.69, 9.17) is 0 Å². The molecule has 0 saturated carbocycles. The zero-order valence-corrected chi connectivity index (χ0v) is 18.5. The minimum absolute atomic E-state index is 0.0594. The molecule has 0 aliphatic carbocycles. The first kappa shape index (κ1) is 20.6. The zero-order valence-electron chi connectivity index (χ0n) is 17.7. The maximum atomic E-state index is 12.8. The molecule has 2 aliphatic rings. The number of carbonyl (C=O) groups excluding carboxylic acids is 1. The van der Waals surface area contributed by atoms with Crippen LogP contribution in [-0.2, 0) is 4.79 Å². The zero-order chi connectivity index (χ0) is 20.2. The van der Waals surface area contributed by atoms with Crippen LogP contribution < -0.4 is 10.2 Å². The van der Waals surface area contributed by atoms with Crippen LogP contribution in [0.25, 0.3) is 10.1 Å². The van der Waals surface area contributed by atoms with Crippen LogP contribution in [-0.4, -0.2) is 80.1 Å². The summed E-state index contributed by atoms with van der Waals surface area (Å²) in [5.74, 6) is 1.31. The largest absolute Gasteiger partial charge is 0.356 e. The summed E-state index contributed by atoms with van der Waals surface area (Å²) in [6.45, 7) is 10.3. The fourth-order valence-corrected chi connectivity index (χ4v) is 5.35. The van der Waals surface area contributed by atoms with Crippen molar-refractivity contribution in [1.82, 2.24) is 20.1 Å². The molecule has 1 amide bonds. The molecule has 29 heavy (non-hydrogen) atoms. The molecular formula is C22H33N5OS. The number of aromatic nitrogens is 1. The molecule has 2 fully saturated rings. The molecule has 158 valence electrons. The monoisotopic (exact) mass is 415 g/mol. The number of amides is 1. The number of anilines is 1. The van der Waals surface area contributed by atoms with Crippen molar-refractivity contribution in [3.63, 3.8) is 0 Å². The van der Waals surface area contributed by atoms with Crippen molar-refractivity contribution in [2.45, 2.75) is 26.2 Å². The molecular weight excluding hydrogens is 382 g/mol. The Morgan fingerprint density at radius 3 is 2.93 bits per heavy atom. The predicted octanol–water partition coefficient (Wildman–Crippen LogP) is 2.57. The van der Waals surface area contributed by atoms with Gasteiger partial charge >= 0.3 is 0 Å². The number of carbonyl (C=O) groups is 1. The van der Waals surface area contributed by atoms with Crippen LogP contribution in [0.4, 0.5) is 5.82 Å². The summed E-state index contributed by atoms with van der Waals surface area (Å²) in [6, 6.07) is 4.31. The van der Waals surface area contributed by atoms with E-state index in [2.05, 4.69) is 51.1 Å². The van der Waals surface area contributed by atoms with Gasteiger partial charge in [0, 0.05) is 67.0 Å². The van der Waals surface area contributed by atoms with Crippen LogP contribution >= 0.6 is 11.3 Å². The lowest BCUT2D eigenvalue weighted by Gasteiger charge is -2.33. The number of likely N-dealkylation sites (N-methyl/N-ethyl adjacent to an activating group) is 1. The van der Waals surface area contributed by atoms with Gasteiger partial charge in [-0.3, -0.25) is 4.79 Å². The highest BCUT2D eigenvalue weighted by molar-refractivity contribution is 7.19. The van der Waals surface area contributed by atoms with Crippen molar-refractivity contribution >= 4 is 33.1 Å². The van der Waals surface area contributed by atoms with E-state index in [1.807, 2.05) is 17.5 Å². The lowest BCUT2D eigenvalue weighted by Crippen LogP contribution is -2.46. The average Bonchev–Trinajstić information content (AvgIpc) is 3.12. The van der Waals surface area contributed by atoms with Gasteiger partial charge in [0.1, 0.15) is 5.82 Å². The van der Waals surface area contributed by atoms with Crippen molar-refractivity contribution in [3.05, 3.63) is 23.2 Å². The lowest BCUT2D eigenvalue weighted by atomic mass is 9.97. The van der Waals surface area contributed by atoms with Crippen molar-refractivity contribution in [1.29, 1.82) is 0 Å². The summed E-state index contributed by atoms with van der Waals surface area (Å²) in [7, 11) is 2.18. The molecule has 0 radical (unpaired) electrons. The molecule has 0 bridgehead atoms. The number of rotatable bonds is 6. The summed E-state index contributed by atoms with van der Waals surface area (Å²) in [5.41, 5.74) is 0. The number of piperidine rings is 1. The van der Waals surface area contributed by atoms with Crippen LogP contribution in [0, 0.1) is 12.8 Å². The number of hydrogen-bond donors (Lipinski definition) is 1. The highest BCUT2D eigenvalue weighted by Crippen LogP contribution is 2.33. The molecule has 0 spiro atoms. The fourth-order valence-electron chi connectivity index (χ4n) is 4.44. The third-order valence-electron chi connectivity index (χ3n) is 6.19. The van der Waals surface area contributed by atoms with Crippen molar-refractivity contribution in [2.24, 2.45) is 5.92 Å². The van der Waals surface area contributed by atoms with E-state index in [-0.39, 0.29) is 11.8 Å². The Hall–Kier alpha value is -1.70. The molecule has 2 aliphatic heterocycles. The summed E-state index contributed by atoms with van der Waals surface area (Å²) in [5, 5.41) is 4.42. The second-order valence-corrected chi connectivity index (χ2v) is 9.77. The molecule has 1 N–H and O–H groups in total. The Morgan fingerprint density at radius 1 is 1.28 bits per heavy atom. The van der Waals surface area contributed by atoms with Crippen molar-refractivity contribution < 1.29 is 4.79 Å². The Balaban J connectivity index is 1.27. The first-order chi connectivity index (χ1) is 14.1. The summed E-state index contributed by atoms with van der Waals surface area (Å²) in [6.07, 6.45) is 4.94. The van der Waals surface area contributed by atoms with Crippen LogP contribution in [0.5, 0.6) is 0 Å². The number of fused-ring (bicyclic) bond motifs is 1. The Labute approximate surface area is 177 Å². The maximum Gasteiger partial charge on any atom is 0.224 e. The van der Waals surface area contributed by atoms with E-state index in [0.29, 0.717) is 0 Å². The van der Waals surface area contributed by atoms with Gasteiger partial charge in [-0.25, -0.2) is 4.98 Å². The van der Waals surface area contributed by atoms with Crippen molar-refractivity contribution in [3.8, 4) is 0 Å². The molecule has 4 heterocycles. The number of nitrogens with one attached hydrogen (secondary N) is 1. The number of nitrogens with zero attached hydrogens (tertiary/aromatic N) is 4. The number of aryl methyl sites for hydroxylation is 1. The standard InChI is InChI=1S/C22H33N5OS/c1-17-15-19-20(29-17)6-8-23-21(19)27-10-3-5-18(16-27)22(28)24-7-4-9-26-13-11-25(2)12-14-26/h6,8,15,18H,3-5,7,9-14,16H2,1-2H3,(H,24,28)/t18-/m1/s1. The van der Waals surface area contributed by atoms with Crippen LogP contribution in [0.15, 0.2) is 18.3 Å². The molecule has 7 heteroatoms. The maximum absolute atomic E-state index is 12.8. The Morgan fingerprint density at radius 2 is 2.10 bits per heavy atom. The molecule has 1 atom stereocenters. The first-order valence-electron chi connectivity index (χ1n) is 10.9. The van der Waals surface area contributed by atoms with Crippen molar-refractivity contribution in [2.75, 3.05) is 64.3 Å². The number of piperazine rings is 1. The van der Waals surface area contributed by atoms with Gasteiger partial charge < -0.3 is 20.0 Å². The molecule has 6 nitrogen and oxygen atoms in total. The molecule has 2 aromatic heterocycles. The van der Waals surface area contributed by atoms with Gasteiger partial charge in [0.2, 0.25) is 5.91 Å². The lowest BCUT2D eigenvalue weighted by molar-refractivity contribution is -0.125. The van der Waals surface area contributed by atoms with E-state index >= 15 is 0 Å². The van der Waals surface area contributed by atoms with E-state index in [1.54, 1.807) is 0 Å². The van der Waals surface area contributed by atoms with Gasteiger partial charge in [-0.1, -0.05) is 0 Å². The summed E-state index contributed by atoms with van der Waals surface area (Å²) < 4.78 is 1.28. The topological polar surface area (TPSA) is 51.7 Å². The number of hydrogen-bond acceptors (Lipinski definition) is 6. The van der Waals surface area contributed by atoms with Gasteiger partial charge in [0.15, 0.2) is 0 Å². The smallest absolute Gasteiger partial charge is 0.224 e. The Bertz CT molecular complexity index is 830. The third-order valence-corrected chi connectivity index (χ3v) is 7.20. The van der Waals surface area contributed by atoms with Gasteiger partial charge in [-0.15, -0.1) is 11.3 Å². The minimum Gasteiger partial charge on any atom is -0.356 e. The molecule has 2 aromatic rings. The number of pyridine rings is 1. The molecule has 4 rings (SSSR count). The normalized spacial score (nSPS) is 21.6. The minimum atomic E-state index is 0.0594. The number of thiophene rings is 1. The Kier molecular flexibility index (Phi) is 6.67. The molecule has 0 unspecified atom stereocenters. The molecule has 2 saturated heterocycles. The highest BCUT2D eigenvalue weighted by atomic mass is 32.1. The van der Waals surface area contributed by atoms with Gasteiger partial charge in [0.05, 0.1) is 5.92 Å². The quantitative estimate of drug-likeness (QED) is 0.735. The SMILES string of the molecule is Cc1cc2c(N3CCC[C@@H](C(=O)NCCCN4CCN(C)CC4)C3)nccc2s1. The predicted molar refractivity (Wildman–Crippen MR) is 121 cm³/mol. The van der Waals surface area contributed by atoms with E-state index < -0.39 is 0 Å². The highest BCUT2D eigenvalue weighted by Gasteiger charge is 2.27. The average molecular weight is 416 g/mol. The van der Waals surface area contributed by atoms with Gasteiger partial charge in [-0.2, -0.15) is 0 Å². The van der Waals surface area contributed by atoms with E-state index in [1.165, 1.54) is 15.0 Å². The van der Waals surface area contributed by atoms with Crippen LogP contribution in [0.2, 0.25) is 0 Å². The summed E-state index contributed by atoms with van der Waals surface area (Å²) in [4.78, 5) is 25.9. The first-order valence-corrected chi connectivity index (χ1v) is 11.7. The van der Waals surface area contributed by atoms with E-state index in [0.717, 1.165) is 77.4 Å². The van der Waals surface area contributed by atoms with Crippen LogP contribution in [0.1, 0.15) is 24.1 Å². The van der Waals surface area contributed by atoms with E-state index in [9.17, 15) is 4.79 Å². The molecule has 0 aromatic carbocycles. The summed E-state index contributed by atoms with van der Waals surface area (Å²) >= 11 is 1.81. The van der Waals surface area contributed by atoms with Gasteiger partial charge in [-0.05, 0) is 51.9 Å². The third kappa shape index (κ3) is 5.08.